The monoisotopic (exact) mass is 248 g/mol. The lowest BCUT2D eigenvalue weighted by atomic mass is 9.64. The summed E-state index contributed by atoms with van der Waals surface area (Å²) >= 11 is 0. The largest absolute Gasteiger partial charge is 0.461 e. The maximum Gasteiger partial charge on any atom is 0.201 e. The third kappa shape index (κ3) is 1.50. The quantitative estimate of drug-likeness (QED) is 0.829. The minimum Gasteiger partial charge on any atom is -0.461 e. The summed E-state index contributed by atoms with van der Waals surface area (Å²) in [6.07, 6.45) is 2.81. The van der Waals surface area contributed by atoms with Crippen molar-refractivity contribution in [3.8, 4) is 0 Å². The van der Waals surface area contributed by atoms with E-state index in [2.05, 4.69) is 13.8 Å². The Balaban J connectivity index is 2.14. The van der Waals surface area contributed by atoms with Crippen LogP contribution in [-0.4, -0.2) is 10.9 Å². The molecule has 0 unspecified atom stereocenters. The molecule has 0 fully saturated rings. The number of aliphatic hydroxyl groups excluding tert-OH is 1. The molecule has 1 heterocycles. The van der Waals surface area contributed by atoms with Crippen molar-refractivity contribution in [1.29, 1.82) is 0 Å². The van der Waals surface area contributed by atoms with Crippen molar-refractivity contribution in [2.45, 2.75) is 45.6 Å². The molecule has 0 aliphatic heterocycles. The zero-order valence-electron chi connectivity index (χ0n) is 11.1. The molecule has 1 N–H and O–H groups in total. The number of aliphatic hydroxyl groups is 1. The predicted octanol–water partition coefficient (Wildman–Crippen LogP) is 3.30. The molecule has 2 aliphatic carbocycles. The zero-order chi connectivity index (χ0) is 13.0. The highest BCUT2D eigenvalue weighted by molar-refractivity contribution is 5.98. The van der Waals surface area contributed by atoms with Crippen LogP contribution in [0.3, 0.4) is 0 Å². The Labute approximate surface area is 107 Å². The summed E-state index contributed by atoms with van der Waals surface area (Å²) in [7, 11) is 0. The fraction of sp³-hybridized carbons (Fsp3) is 0.667. The number of rotatable bonds is 1. The molecule has 0 radical (unpaired) electrons. The van der Waals surface area contributed by atoms with E-state index in [4.69, 9.17) is 4.42 Å². The van der Waals surface area contributed by atoms with Crippen molar-refractivity contribution < 1.29 is 14.3 Å². The van der Waals surface area contributed by atoms with Crippen LogP contribution in [-0.2, 0) is 0 Å². The van der Waals surface area contributed by atoms with Gasteiger partial charge in [0.05, 0.1) is 12.4 Å². The molecule has 3 heteroatoms. The second-order valence-electron chi connectivity index (χ2n) is 6.20. The number of carbonyl (C=O) groups is 1. The Kier molecular flexibility index (Phi) is 2.63. The van der Waals surface area contributed by atoms with E-state index in [-0.39, 0.29) is 11.7 Å². The predicted molar refractivity (Wildman–Crippen MR) is 67.5 cm³/mol. The van der Waals surface area contributed by atoms with Gasteiger partial charge in [0.25, 0.3) is 0 Å². The van der Waals surface area contributed by atoms with Crippen LogP contribution in [0, 0.1) is 17.8 Å². The molecule has 1 aromatic rings. The first-order chi connectivity index (χ1) is 8.50. The molecule has 3 rings (SSSR count). The number of carbonyl (C=O) groups excluding carboxylic acids is 1. The van der Waals surface area contributed by atoms with Crippen molar-refractivity contribution in [1.82, 2.24) is 0 Å². The Morgan fingerprint density at radius 3 is 2.78 bits per heavy atom. The number of hydrogen-bond donors (Lipinski definition) is 1. The molecule has 0 saturated heterocycles. The third-order valence-corrected chi connectivity index (χ3v) is 4.74. The van der Waals surface area contributed by atoms with Crippen LogP contribution >= 0.6 is 0 Å². The molecular weight excluding hydrogens is 228 g/mol. The molecule has 0 saturated carbocycles. The van der Waals surface area contributed by atoms with E-state index < -0.39 is 6.10 Å². The zero-order valence-corrected chi connectivity index (χ0v) is 11.1. The van der Waals surface area contributed by atoms with Gasteiger partial charge in [0.15, 0.2) is 5.76 Å². The van der Waals surface area contributed by atoms with Crippen molar-refractivity contribution in [2.75, 3.05) is 0 Å². The van der Waals surface area contributed by atoms with Gasteiger partial charge in [-0.25, -0.2) is 0 Å². The Hall–Kier alpha value is -1.09. The van der Waals surface area contributed by atoms with Gasteiger partial charge in [-0.15, -0.1) is 0 Å². The summed E-state index contributed by atoms with van der Waals surface area (Å²) in [4.78, 5) is 12.1. The maximum atomic E-state index is 12.1. The molecule has 0 bridgehead atoms. The van der Waals surface area contributed by atoms with Crippen LogP contribution in [0.25, 0.3) is 0 Å². The number of Topliss-reactive ketones (excluding diaryl/α,β-unsaturated/α-hetero) is 1. The van der Waals surface area contributed by atoms with Crippen molar-refractivity contribution in [3.63, 3.8) is 0 Å². The summed E-state index contributed by atoms with van der Waals surface area (Å²) in [5.74, 6) is 1.99. The SMILES string of the molecule is CC(C)[C@@H]1C[C@H](O)c2coc3c2[C@H]1C[C@H](C)C3=O. The topological polar surface area (TPSA) is 50.4 Å². The molecule has 0 spiro atoms. The number of ketones is 1. The molecular formula is C15H20O3. The summed E-state index contributed by atoms with van der Waals surface area (Å²) in [5, 5.41) is 10.2. The van der Waals surface area contributed by atoms with E-state index in [1.54, 1.807) is 6.26 Å². The minimum atomic E-state index is -0.470. The fourth-order valence-electron chi connectivity index (χ4n) is 3.72. The molecule has 18 heavy (non-hydrogen) atoms. The average molecular weight is 248 g/mol. The van der Waals surface area contributed by atoms with Gasteiger partial charge in [0, 0.05) is 17.0 Å². The number of furan rings is 1. The summed E-state index contributed by atoms with van der Waals surface area (Å²) in [5.41, 5.74) is 1.86. The average Bonchev–Trinajstić information content (AvgIpc) is 2.75. The Morgan fingerprint density at radius 1 is 1.39 bits per heavy atom. The van der Waals surface area contributed by atoms with Crippen molar-refractivity contribution in [2.24, 2.45) is 17.8 Å². The highest BCUT2D eigenvalue weighted by Crippen LogP contribution is 2.52. The van der Waals surface area contributed by atoms with Gasteiger partial charge in [0.2, 0.25) is 5.78 Å². The third-order valence-electron chi connectivity index (χ3n) is 4.74. The van der Waals surface area contributed by atoms with E-state index in [0.717, 1.165) is 24.0 Å². The maximum absolute atomic E-state index is 12.1. The van der Waals surface area contributed by atoms with Gasteiger partial charge in [0.1, 0.15) is 0 Å². The normalized spacial score (nSPS) is 34.8. The van der Waals surface area contributed by atoms with Gasteiger partial charge in [-0.1, -0.05) is 20.8 Å². The minimum absolute atomic E-state index is 0.0398. The lowest BCUT2D eigenvalue weighted by Gasteiger charge is -2.40. The lowest BCUT2D eigenvalue weighted by Crippen LogP contribution is -2.33. The molecule has 0 amide bonds. The molecule has 1 aromatic heterocycles. The second-order valence-corrected chi connectivity index (χ2v) is 6.20. The van der Waals surface area contributed by atoms with E-state index >= 15 is 0 Å². The van der Waals surface area contributed by atoms with Crippen LogP contribution in [0.2, 0.25) is 0 Å². The Morgan fingerprint density at radius 2 is 2.11 bits per heavy atom. The van der Waals surface area contributed by atoms with Crippen LogP contribution in [0.1, 0.15) is 67.3 Å². The Bertz CT molecular complexity index is 486. The van der Waals surface area contributed by atoms with Gasteiger partial charge in [-0.2, -0.15) is 0 Å². The fourth-order valence-corrected chi connectivity index (χ4v) is 3.72. The van der Waals surface area contributed by atoms with E-state index in [1.165, 1.54) is 0 Å². The molecule has 2 aliphatic rings. The highest BCUT2D eigenvalue weighted by Gasteiger charge is 2.45. The first-order valence-electron chi connectivity index (χ1n) is 6.84. The van der Waals surface area contributed by atoms with E-state index in [0.29, 0.717) is 23.5 Å². The van der Waals surface area contributed by atoms with Crippen LogP contribution in [0.5, 0.6) is 0 Å². The smallest absolute Gasteiger partial charge is 0.201 e. The van der Waals surface area contributed by atoms with Crippen LogP contribution < -0.4 is 0 Å². The molecule has 0 aromatic carbocycles. The van der Waals surface area contributed by atoms with E-state index in [1.807, 2.05) is 6.92 Å². The van der Waals surface area contributed by atoms with E-state index in [9.17, 15) is 9.90 Å². The van der Waals surface area contributed by atoms with Gasteiger partial charge < -0.3 is 9.52 Å². The molecule has 98 valence electrons. The molecule has 4 atom stereocenters. The summed E-state index contributed by atoms with van der Waals surface area (Å²) in [6, 6.07) is 0. The number of hydrogen-bond acceptors (Lipinski definition) is 3. The summed E-state index contributed by atoms with van der Waals surface area (Å²) < 4.78 is 5.46. The van der Waals surface area contributed by atoms with Crippen molar-refractivity contribution in [3.05, 3.63) is 23.2 Å². The summed E-state index contributed by atoms with van der Waals surface area (Å²) in [6.45, 7) is 6.38. The lowest BCUT2D eigenvalue weighted by molar-refractivity contribution is 0.0773. The first-order valence-corrected chi connectivity index (χ1v) is 6.84. The van der Waals surface area contributed by atoms with Gasteiger partial charge in [-0.05, 0) is 30.6 Å². The van der Waals surface area contributed by atoms with Gasteiger partial charge in [-0.3, -0.25) is 4.79 Å². The van der Waals surface area contributed by atoms with Crippen molar-refractivity contribution >= 4 is 5.78 Å². The van der Waals surface area contributed by atoms with Crippen LogP contribution in [0.4, 0.5) is 0 Å². The standard InChI is InChI=1S/C15H20O3/c1-7(2)9-5-12(16)11-6-18-15-13(11)10(9)4-8(3)14(15)17/h6-10,12,16H,4-5H2,1-3H3/t8-,9-,10-,12-/m0/s1. The first kappa shape index (κ1) is 12.0. The van der Waals surface area contributed by atoms with Crippen LogP contribution in [0.15, 0.2) is 10.7 Å². The van der Waals surface area contributed by atoms with Gasteiger partial charge >= 0.3 is 0 Å². The second kappa shape index (κ2) is 3.95. The highest BCUT2D eigenvalue weighted by atomic mass is 16.3. The molecule has 3 nitrogen and oxygen atoms in total.